The number of aryl methyl sites for hydroxylation is 4. The summed E-state index contributed by atoms with van der Waals surface area (Å²) in [6.07, 6.45) is 0.309. The molecular weight excluding hydrogens is 382 g/mol. The SMILES string of the molecule is COC(=O)C1Cc2c(C)c(C(=O)c3c(C)cc(C)cc3C)nc(C)c2C1C(=O)OC. The fourth-order valence-corrected chi connectivity index (χ4v) is 4.75. The minimum atomic E-state index is -0.782. The van der Waals surface area contributed by atoms with Gasteiger partial charge in [0.15, 0.2) is 0 Å². The van der Waals surface area contributed by atoms with Crippen LogP contribution in [0.2, 0.25) is 0 Å². The summed E-state index contributed by atoms with van der Waals surface area (Å²) < 4.78 is 9.88. The number of nitrogens with zero attached hydrogens (tertiary/aromatic N) is 1. The van der Waals surface area contributed by atoms with Crippen molar-refractivity contribution < 1.29 is 23.9 Å². The zero-order valence-corrected chi connectivity index (χ0v) is 18.5. The Morgan fingerprint density at radius 2 is 1.50 bits per heavy atom. The molecule has 0 aliphatic heterocycles. The second-order valence-corrected chi connectivity index (χ2v) is 8.00. The maximum absolute atomic E-state index is 13.5. The molecule has 0 spiro atoms. The minimum absolute atomic E-state index is 0.149. The van der Waals surface area contributed by atoms with Crippen LogP contribution in [0.25, 0.3) is 0 Å². The minimum Gasteiger partial charge on any atom is -0.469 e. The first-order valence-corrected chi connectivity index (χ1v) is 9.90. The van der Waals surface area contributed by atoms with Gasteiger partial charge in [-0.3, -0.25) is 14.4 Å². The summed E-state index contributed by atoms with van der Waals surface area (Å²) in [6.45, 7) is 9.43. The summed E-state index contributed by atoms with van der Waals surface area (Å²) in [4.78, 5) is 43.0. The Hall–Kier alpha value is -3.02. The normalized spacial score (nSPS) is 17.4. The highest BCUT2D eigenvalue weighted by molar-refractivity contribution is 6.11. The molecule has 1 heterocycles. The average Bonchev–Trinajstić information content (AvgIpc) is 3.10. The predicted octanol–water partition coefficient (Wildman–Crippen LogP) is 3.46. The summed E-state index contributed by atoms with van der Waals surface area (Å²) in [6, 6.07) is 3.97. The fraction of sp³-hybridized carbons (Fsp3) is 0.417. The molecule has 158 valence electrons. The van der Waals surface area contributed by atoms with Crippen LogP contribution in [-0.4, -0.2) is 36.9 Å². The Morgan fingerprint density at radius 1 is 0.933 bits per heavy atom. The lowest BCUT2D eigenvalue weighted by Gasteiger charge is -2.18. The number of hydrogen-bond acceptors (Lipinski definition) is 6. The number of aromatic nitrogens is 1. The van der Waals surface area contributed by atoms with Gasteiger partial charge in [0.05, 0.1) is 26.1 Å². The van der Waals surface area contributed by atoms with Crippen LogP contribution in [0.3, 0.4) is 0 Å². The molecule has 0 bridgehead atoms. The number of methoxy groups -OCH3 is 2. The van der Waals surface area contributed by atoms with Crippen LogP contribution in [-0.2, 0) is 25.5 Å². The number of carbonyl (C=O) groups excluding carboxylic acids is 3. The zero-order valence-electron chi connectivity index (χ0n) is 18.5. The second-order valence-electron chi connectivity index (χ2n) is 8.00. The van der Waals surface area contributed by atoms with Crippen LogP contribution in [0.5, 0.6) is 0 Å². The number of hydrogen-bond donors (Lipinski definition) is 0. The van der Waals surface area contributed by atoms with Crippen LogP contribution in [0, 0.1) is 40.5 Å². The molecule has 2 atom stereocenters. The van der Waals surface area contributed by atoms with Crippen LogP contribution < -0.4 is 0 Å². The smallest absolute Gasteiger partial charge is 0.314 e. The van der Waals surface area contributed by atoms with E-state index in [1.807, 2.05) is 39.8 Å². The quantitative estimate of drug-likeness (QED) is 0.568. The molecule has 0 N–H and O–H groups in total. The molecule has 0 radical (unpaired) electrons. The Balaban J connectivity index is 2.18. The third kappa shape index (κ3) is 3.40. The molecule has 2 aromatic rings. The van der Waals surface area contributed by atoms with Crippen molar-refractivity contribution in [2.75, 3.05) is 14.2 Å². The number of ketones is 1. The van der Waals surface area contributed by atoms with Crippen molar-refractivity contribution in [3.8, 4) is 0 Å². The van der Waals surface area contributed by atoms with Gasteiger partial charge in [-0.1, -0.05) is 17.7 Å². The van der Waals surface area contributed by atoms with Crippen molar-refractivity contribution in [2.45, 2.75) is 47.0 Å². The van der Waals surface area contributed by atoms with Crippen LogP contribution >= 0.6 is 0 Å². The van der Waals surface area contributed by atoms with Crippen molar-refractivity contribution in [1.29, 1.82) is 0 Å². The van der Waals surface area contributed by atoms with Gasteiger partial charge in [-0.05, 0) is 68.9 Å². The van der Waals surface area contributed by atoms with E-state index in [2.05, 4.69) is 4.98 Å². The van der Waals surface area contributed by atoms with Gasteiger partial charge in [0.25, 0.3) is 0 Å². The maximum Gasteiger partial charge on any atom is 0.314 e. The highest BCUT2D eigenvalue weighted by atomic mass is 16.5. The molecular formula is C24H27NO5. The predicted molar refractivity (Wildman–Crippen MR) is 112 cm³/mol. The highest BCUT2D eigenvalue weighted by Gasteiger charge is 2.46. The molecule has 0 fully saturated rings. The molecule has 1 aromatic carbocycles. The van der Waals surface area contributed by atoms with Gasteiger partial charge in [0.1, 0.15) is 5.69 Å². The first-order valence-electron chi connectivity index (χ1n) is 9.90. The van der Waals surface area contributed by atoms with Gasteiger partial charge >= 0.3 is 11.9 Å². The number of ether oxygens (including phenoxy) is 2. The summed E-state index contributed by atoms with van der Waals surface area (Å²) in [5.74, 6) is -2.60. The van der Waals surface area contributed by atoms with Gasteiger partial charge in [0, 0.05) is 11.3 Å². The average molecular weight is 409 g/mol. The summed E-state index contributed by atoms with van der Waals surface area (Å²) in [5, 5.41) is 0. The number of rotatable bonds is 4. The fourth-order valence-electron chi connectivity index (χ4n) is 4.75. The standard InChI is InChI=1S/C24H27NO5/c1-11-8-12(2)18(13(3)9-11)22(26)21-14(4)16-10-17(23(27)29-6)20(24(28)30-7)19(16)15(5)25-21/h8-9,17,20H,10H2,1-7H3. The van der Waals surface area contributed by atoms with Gasteiger partial charge in [-0.25, -0.2) is 4.98 Å². The topological polar surface area (TPSA) is 82.6 Å². The number of pyridine rings is 1. The van der Waals surface area contributed by atoms with Gasteiger partial charge in [0.2, 0.25) is 5.78 Å². The molecule has 0 saturated carbocycles. The van der Waals surface area contributed by atoms with Gasteiger partial charge in [-0.2, -0.15) is 0 Å². The Bertz CT molecular complexity index is 1050. The van der Waals surface area contributed by atoms with E-state index in [1.54, 1.807) is 6.92 Å². The maximum atomic E-state index is 13.5. The van der Waals surface area contributed by atoms with E-state index < -0.39 is 23.8 Å². The molecule has 0 saturated heterocycles. The van der Waals surface area contributed by atoms with Crippen LogP contribution in [0.15, 0.2) is 12.1 Å². The van der Waals surface area contributed by atoms with Crippen LogP contribution in [0.4, 0.5) is 0 Å². The molecule has 3 rings (SSSR count). The number of carbonyl (C=O) groups is 3. The van der Waals surface area contributed by atoms with E-state index >= 15 is 0 Å². The van der Waals surface area contributed by atoms with Gasteiger partial charge < -0.3 is 9.47 Å². The van der Waals surface area contributed by atoms with E-state index in [0.29, 0.717) is 34.5 Å². The lowest BCUT2D eigenvalue weighted by atomic mass is 9.90. The first-order chi connectivity index (χ1) is 14.1. The van der Waals surface area contributed by atoms with Crippen LogP contribution in [0.1, 0.15) is 61.0 Å². The van der Waals surface area contributed by atoms with E-state index in [-0.39, 0.29) is 5.78 Å². The highest BCUT2D eigenvalue weighted by Crippen LogP contribution is 2.43. The van der Waals surface area contributed by atoms with Crippen molar-refractivity contribution >= 4 is 17.7 Å². The Labute approximate surface area is 176 Å². The monoisotopic (exact) mass is 409 g/mol. The van der Waals surface area contributed by atoms with E-state index in [9.17, 15) is 14.4 Å². The van der Waals surface area contributed by atoms with Crippen molar-refractivity contribution in [2.24, 2.45) is 5.92 Å². The van der Waals surface area contributed by atoms with Crippen molar-refractivity contribution in [1.82, 2.24) is 4.98 Å². The zero-order chi connectivity index (χ0) is 22.3. The van der Waals surface area contributed by atoms with E-state index in [0.717, 1.165) is 22.3 Å². The Morgan fingerprint density at radius 3 is 2.03 bits per heavy atom. The molecule has 1 aromatic heterocycles. The third-order valence-corrected chi connectivity index (χ3v) is 6.02. The van der Waals surface area contributed by atoms with E-state index in [1.165, 1.54) is 14.2 Å². The van der Waals surface area contributed by atoms with E-state index in [4.69, 9.17) is 9.47 Å². The number of fused-ring (bicyclic) bond motifs is 1. The van der Waals surface area contributed by atoms with Crippen molar-refractivity contribution in [3.05, 3.63) is 62.5 Å². The molecule has 6 nitrogen and oxygen atoms in total. The molecule has 1 aliphatic rings. The van der Waals surface area contributed by atoms with Crippen molar-refractivity contribution in [3.63, 3.8) is 0 Å². The molecule has 0 amide bonds. The third-order valence-electron chi connectivity index (χ3n) is 6.02. The largest absolute Gasteiger partial charge is 0.469 e. The molecule has 6 heteroatoms. The second kappa shape index (κ2) is 8.01. The summed E-state index contributed by atoms with van der Waals surface area (Å²) in [5.41, 5.74) is 6.62. The summed E-state index contributed by atoms with van der Waals surface area (Å²) >= 11 is 0. The number of benzene rings is 1. The Kier molecular flexibility index (Phi) is 5.79. The lowest BCUT2D eigenvalue weighted by molar-refractivity contribution is -0.153. The summed E-state index contributed by atoms with van der Waals surface area (Å²) in [7, 11) is 2.60. The number of esters is 2. The first kappa shape index (κ1) is 21.7. The molecule has 2 unspecified atom stereocenters. The molecule has 30 heavy (non-hydrogen) atoms. The van der Waals surface area contributed by atoms with Gasteiger partial charge in [-0.15, -0.1) is 0 Å². The lowest BCUT2D eigenvalue weighted by Crippen LogP contribution is -2.27. The molecule has 1 aliphatic carbocycles.